The number of nitrogens with zero attached hydrogens (tertiary/aromatic N) is 4. The van der Waals surface area contributed by atoms with E-state index in [-0.39, 0.29) is 12.5 Å². The fraction of sp³-hybridized carbons (Fsp3) is 0.400. The number of nitrogens with one attached hydrogen (secondary N) is 1. The van der Waals surface area contributed by atoms with Crippen LogP contribution in [0, 0.1) is 0 Å². The molecule has 0 fully saturated rings. The van der Waals surface area contributed by atoms with E-state index in [1.807, 2.05) is 0 Å². The summed E-state index contributed by atoms with van der Waals surface area (Å²) in [6, 6.07) is 3.98. The van der Waals surface area contributed by atoms with Gasteiger partial charge in [0, 0.05) is 7.11 Å². The van der Waals surface area contributed by atoms with E-state index in [2.05, 4.69) is 20.8 Å². The summed E-state index contributed by atoms with van der Waals surface area (Å²) >= 11 is 0. The van der Waals surface area contributed by atoms with E-state index in [4.69, 9.17) is 14.2 Å². The maximum absolute atomic E-state index is 12.4. The largest absolute Gasteiger partial charge is 0.489 e. The molecule has 2 rings (SSSR count). The van der Waals surface area contributed by atoms with E-state index in [9.17, 15) is 9.59 Å². The highest BCUT2D eigenvalue weighted by Crippen LogP contribution is 2.27. The van der Waals surface area contributed by atoms with Crippen LogP contribution in [0.4, 0.5) is 5.69 Å². The highest BCUT2D eigenvalue weighted by molar-refractivity contribution is 5.96. The van der Waals surface area contributed by atoms with Gasteiger partial charge in [0.05, 0.1) is 25.0 Å². The number of esters is 1. The molecule has 0 aliphatic carbocycles. The Morgan fingerprint density at radius 1 is 1.28 bits per heavy atom. The topological polar surface area (TPSA) is 117 Å². The Hall–Kier alpha value is -3.01. The van der Waals surface area contributed by atoms with Gasteiger partial charge in [0.15, 0.2) is 0 Å². The molecule has 134 valence electrons. The van der Waals surface area contributed by atoms with Crippen LogP contribution in [0.25, 0.3) is 0 Å². The average Bonchev–Trinajstić information content (AvgIpc) is 3.16. The second kappa shape index (κ2) is 8.73. The minimum absolute atomic E-state index is 0.256. The molecule has 0 unspecified atom stereocenters. The zero-order valence-electron chi connectivity index (χ0n) is 14.1. The smallest absolute Gasteiger partial charge is 0.337 e. The van der Waals surface area contributed by atoms with Gasteiger partial charge in [0.1, 0.15) is 24.7 Å². The number of methoxy groups -OCH3 is 2. The minimum atomic E-state index is -0.623. The van der Waals surface area contributed by atoms with Crippen LogP contribution >= 0.6 is 0 Å². The highest BCUT2D eigenvalue weighted by Gasteiger charge is 2.19. The van der Waals surface area contributed by atoms with E-state index < -0.39 is 12.0 Å². The van der Waals surface area contributed by atoms with Crippen molar-refractivity contribution in [3.05, 3.63) is 30.1 Å². The van der Waals surface area contributed by atoms with Gasteiger partial charge in [-0.05, 0) is 35.5 Å². The highest BCUT2D eigenvalue weighted by atomic mass is 16.5. The molecule has 10 heteroatoms. The van der Waals surface area contributed by atoms with Crippen LogP contribution in [0.3, 0.4) is 0 Å². The summed E-state index contributed by atoms with van der Waals surface area (Å²) in [6.07, 6.45) is 1.35. The Kier molecular flexibility index (Phi) is 6.40. The maximum atomic E-state index is 12.4. The van der Waals surface area contributed by atoms with Crippen LogP contribution in [0.2, 0.25) is 0 Å². The summed E-state index contributed by atoms with van der Waals surface area (Å²) in [6.45, 7) is 2.27. The van der Waals surface area contributed by atoms with Crippen molar-refractivity contribution in [2.75, 3.05) is 32.8 Å². The molecule has 0 radical (unpaired) electrons. The number of aromatic nitrogens is 4. The summed E-state index contributed by atoms with van der Waals surface area (Å²) in [7, 11) is 2.84. The van der Waals surface area contributed by atoms with E-state index >= 15 is 0 Å². The van der Waals surface area contributed by atoms with Gasteiger partial charge in [0.2, 0.25) is 5.91 Å². The summed E-state index contributed by atoms with van der Waals surface area (Å²) in [4.78, 5) is 24.0. The molecule has 0 aliphatic rings. The summed E-state index contributed by atoms with van der Waals surface area (Å²) in [5, 5.41) is 13.4. The maximum Gasteiger partial charge on any atom is 0.337 e. The Balaban J connectivity index is 2.19. The summed E-state index contributed by atoms with van der Waals surface area (Å²) in [5.74, 6) is -0.511. The Morgan fingerprint density at radius 3 is 2.72 bits per heavy atom. The van der Waals surface area contributed by atoms with E-state index in [1.165, 1.54) is 30.3 Å². The van der Waals surface area contributed by atoms with Crippen LogP contribution in [0.1, 0.15) is 23.3 Å². The number of hydrogen-bond donors (Lipinski definition) is 1. The SMILES string of the molecule is COCCOc1cc(C(=O)OC)ccc1NC(=O)[C@H](C)n1cnnn1. The zero-order chi connectivity index (χ0) is 18.2. The molecule has 0 aliphatic heterocycles. The second-order valence-electron chi connectivity index (χ2n) is 5.00. The Bertz CT molecular complexity index is 719. The van der Waals surface area contributed by atoms with Crippen molar-refractivity contribution in [2.24, 2.45) is 0 Å². The lowest BCUT2D eigenvalue weighted by Crippen LogP contribution is -2.24. The average molecular weight is 349 g/mol. The van der Waals surface area contributed by atoms with Crippen LogP contribution in [-0.4, -0.2) is 59.5 Å². The normalized spacial score (nSPS) is 11.6. The Morgan fingerprint density at radius 2 is 2.08 bits per heavy atom. The lowest BCUT2D eigenvalue weighted by atomic mass is 10.2. The minimum Gasteiger partial charge on any atom is -0.489 e. The van der Waals surface area contributed by atoms with Crippen molar-refractivity contribution >= 4 is 17.6 Å². The van der Waals surface area contributed by atoms with Crippen molar-refractivity contribution in [2.45, 2.75) is 13.0 Å². The Labute approximate surface area is 144 Å². The van der Waals surface area contributed by atoms with Crippen LogP contribution in [0.5, 0.6) is 5.75 Å². The predicted octanol–water partition coefficient (Wildman–Crippen LogP) is 0.685. The fourth-order valence-corrected chi connectivity index (χ4v) is 1.93. The first-order valence-corrected chi connectivity index (χ1v) is 7.44. The van der Waals surface area contributed by atoms with Gasteiger partial charge in [-0.1, -0.05) is 0 Å². The first-order chi connectivity index (χ1) is 12.1. The van der Waals surface area contributed by atoms with Gasteiger partial charge < -0.3 is 19.5 Å². The van der Waals surface area contributed by atoms with Gasteiger partial charge >= 0.3 is 5.97 Å². The molecule has 25 heavy (non-hydrogen) atoms. The third kappa shape index (κ3) is 4.73. The van der Waals surface area contributed by atoms with Crippen LogP contribution in [0.15, 0.2) is 24.5 Å². The van der Waals surface area contributed by atoms with E-state index in [0.717, 1.165) is 0 Å². The number of benzene rings is 1. The number of hydrogen-bond acceptors (Lipinski definition) is 8. The molecule has 1 aromatic heterocycles. The van der Waals surface area contributed by atoms with Gasteiger partial charge in [-0.3, -0.25) is 4.79 Å². The molecule has 1 N–H and O–H groups in total. The number of ether oxygens (including phenoxy) is 3. The molecule has 0 bridgehead atoms. The van der Waals surface area contributed by atoms with Gasteiger partial charge in [-0.25, -0.2) is 9.48 Å². The van der Waals surface area contributed by atoms with Crippen molar-refractivity contribution in [1.29, 1.82) is 0 Å². The first kappa shape index (κ1) is 18.3. The molecular formula is C15H19N5O5. The zero-order valence-corrected chi connectivity index (χ0v) is 14.1. The standard InChI is InChI=1S/C15H19N5O5/c1-10(20-9-16-18-19-20)14(21)17-12-5-4-11(15(22)24-3)8-13(12)25-7-6-23-2/h4-5,8-10H,6-7H2,1-3H3,(H,17,21)/t10-/m0/s1. The van der Waals surface area contributed by atoms with E-state index in [1.54, 1.807) is 20.1 Å². The number of tetrazole rings is 1. The monoisotopic (exact) mass is 349 g/mol. The quantitative estimate of drug-likeness (QED) is 0.546. The van der Waals surface area contributed by atoms with Crippen LogP contribution < -0.4 is 10.1 Å². The lowest BCUT2D eigenvalue weighted by molar-refractivity contribution is -0.119. The van der Waals surface area contributed by atoms with Gasteiger partial charge in [0.25, 0.3) is 0 Å². The molecule has 0 saturated carbocycles. The van der Waals surface area contributed by atoms with Crippen molar-refractivity contribution < 1.29 is 23.8 Å². The number of carbonyl (C=O) groups excluding carboxylic acids is 2. The van der Waals surface area contributed by atoms with Crippen LogP contribution in [-0.2, 0) is 14.3 Å². The van der Waals surface area contributed by atoms with E-state index in [0.29, 0.717) is 23.6 Å². The third-order valence-electron chi connectivity index (χ3n) is 3.35. The molecular weight excluding hydrogens is 330 g/mol. The summed E-state index contributed by atoms with van der Waals surface area (Å²) in [5.41, 5.74) is 0.718. The lowest BCUT2D eigenvalue weighted by Gasteiger charge is -2.16. The molecule has 0 spiro atoms. The number of anilines is 1. The fourth-order valence-electron chi connectivity index (χ4n) is 1.93. The first-order valence-electron chi connectivity index (χ1n) is 7.44. The molecule has 1 heterocycles. The predicted molar refractivity (Wildman–Crippen MR) is 86.3 cm³/mol. The molecule has 10 nitrogen and oxygen atoms in total. The summed E-state index contributed by atoms with van der Waals surface area (Å²) < 4.78 is 16.5. The number of amides is 1. The van der Waals surface area contributed by atoms with Gasteiger partial charge in [-0.2, -0.15) is 0 Å². The second-order valence-corrected chi connectivity index (χ2v) is 5.00. The third-order valence-corrected chi connectivity index (χ3v) is 3.35. The van der Waals surface area contributed by atoms with Crippen molar-refractivity contribution in [3.63, 3.8) is 0 Å². The number of carbonyl (C=O) groups is 2. The molecule has 2 aromatic rings. The van der Waals surface area contributed by atoms with Crippen molar-refractivity contribution in [3.8, 4) is 5.75 Å². The molecule has 0 saturated heterocycles. The molecule has 1 amide bonds. The van der Waals surface area contributed by atoms with Gasteiger partial charge in [-0.15, -0.1) is 5.10 Å². The molecule has 1 aromatic carbocycles. The number of rotatable bonds is 8. The molecule has 1 atom stereocenters. The van der Waals surface area contributed by atoms with Crippen molar-refractivity contribution in [1.82, 2.24) is 20.2 Å².